The van der Waals surface area contributed by atoms with Crippen LogP contribution in [0, 0.1) is 13.8 Å². The summed E-state index contributed by atoms with van der Waals surface area (Å²) in [5.74, 6) is -0.875. The number of imide groups is 1. The number of hydrogen-bond acceptors (Lipinski definition) is 7. The molecule has 0 aliphatic carbocycles. The molecule has 2 aliphatic heterocycles. The number of aryl methyl sites for hydroxylation is 2. The molecule has 3 aromatic carbocycles. The molecule has 0 spiro atoms. The first kappa shape index (κ1) is 22.4. The monoisotopic (exact) mass is 484 g/mol. The maximum atomic E-state index is 13.4. The summed E-state index contributed by atoms with van der Waals surface area (Å²) in [6.07, 6.45) is 1.51. The Labute approximate surface area is 205 Å². The zero-order chi connectivity index (χ0) is 24.7. The van der Waals surface area contributed by atoms with Crippen LogP contribution >= 0.6 is 11.8 Å². The number of anilines is 3. The van der Waals surface area contributed by atoms with Crippen LogP contribution in [0.1, 0.15) is 22.3 Å². The van der Waals surface area contributed by atoms with Gasteiger partial charge in [-0.05, 0) is 78.7 Å². The first-order valence-electron chi connectivity index (χ1n) is 10.7. The van der Waals surface area contributed by atoms with Gasteiger partial charge in [-0.15, -0.1) is 0 Å². The van der Waals surface area contributed by atoms with Crippen molar-refractivity contribution in [2.45, 2.75) is 13.8 Å². The van der Waals surface area contributed by atoms with Gasteiger partial charge in [-0.2, -0.15) is 5.10 Å². The minimum atomic E-state index is -0.472. The number of para-hydroxylation sites is 1. The van der Waals surface area contributed by atoms with Crippen molar-refractivity contribution >= 4 is 57.7 Å². The highest BCUT2D eigenvalue weighted by molar-refractivity contribution is 8.18. The van der Waals surface area contributed by atoms with Crippen LogP contribution in [-0.4, -0.2) is 27.9 Å². The number of amides is 3. The number of aromatic hydroxyl groups is 1. The average Bonchev–Trinajstić information content (AvgIpc) is 3.29. The molecule has 1 fully saturated rings. The van der Waals surface area contributed by atoms with E-state index in [9.17, 15) is 19.5 Å². The predicted octanol–water partition coefficient (Wildman–Crippen LogP) is 4.83. The fourth-order valence-electron chi connectivity index (χ4n) is 3.85. The number of nitrogens with one attached hydrogen (secondary N) is 2. The summed E-state index contributed by atoms with van der Waals surface area (Å²) in [4.78, 5) is 38.3. The van der Waals surface area contributed by atoms with Crippen molar-refractivity contribution in [3.63, 3.8) is 0 Å². The van der Waals surface area contributed by atoms with E-state index in [1.54, 1.807) is 17.0 Å². The summed E-state index contributed by atoms with van der Waals surface area (Å²) >= 11 is 0.800. The zero-order valence-electron chi connectivity index (χ0n) is 18.8. The molecular weight excluding hydrogens is 464 g/mol. The molecule has 3 aromatic rings. The van der Waals surface area contributed by atoms with Gasteiger partial charge < -0.3 is 5.11 Å². The Bertz CT molecular complexity index is 1480. The second kappa shape index (κ2) is 8.77. The van der Waals surface area contributed by atoms with Crippen LogP contribution in [0.4, 0.5) is 21.9 Å². The van der Waals surface area contributed by atoms with Gasteiger partial charge in [0.15, 0.2) is 5.71 Å². The number of phenols is 1. The van der Waals surface area contributed by atoms with Gasteiger partial charge in [0, 0.05) is 11.3 Å². The van der Waals surface area contributed by atoms with E-state index in [-0.39, 0.29) is 28.0 Å². The molecule has 9 heteroatoms. The van der Waals surface area contributed by atoms with Crippen LogP contribution in [0.25, 0.3) is 6.08 Å². The Morgan fingerprint density at radius 2 is 1.80 bits per heavy atom. The highest BCUT2D eigenvalue weighted by Gasteiger charge is 2.35. The Morgan fingerprint density at radius 1 is 1.00 bits per heavy atom. The summed E-state index contributed by atoms with van der Waals surface area (Å²) in [6.45, 7) is 4.02. The van der Waals surface area contributed by atoms with Gasteiger partial charge in [0.25, 0.3) is 17.1 Å². The minimum Gasteiger partial charge on any atom is -0.506 e. The van der Waals surface area contributed by atoms with Gasteiger partial charge in [-0.25, -0.2) is 0 Å². The van der Waals surface area contributed by atoms with Crippen molar-refractivity contribution in [1.82, 2.24) is 5.32 Å². The molecule has 2 heterocycles. The smallest absolute Gasteiger partial charge is 0.290 e. The summed E-state index contributed by atoms with van der Waals surface area (Å²) < 4.78 is 0. The molecule has 0 saturated carbocycles. The lowest BCUT2D eigenvalue weighted by Crippen LogP contribution is -2.26. The molecule has 1 saturated heterocycles. The summed E-state index contributed by atoms with van der Waals surface area (Å²) in [5, 5.41) is 16.6. The fraction of sp³-hybridized carbons (Fsp3) is 0.0769. The van der Waals surface area contributed by atoms with E-state index in [2.05, 4.69) is 15.8 Å². The van der Waals surface area contributed by atoms with Crippen molar-refractivity contribution < 1.29 is 19.5 Å². The average molecular weight is 485 g/mol. The molecular formula is C26H20N4O4S. The quantitative estimate of drug-likeness (QED) is 0.278. The van der Waals surface area contributed by atoms with Gasteiger partial charge in [-0.1, -0.05) is 30.3 Å². The number of benzene rings is 3. The highest BCUT2D eigenvalue weighted by atomic mass is 32.2. The standard InChI is InChI=1S/C26H20N4O4S/c1-14-7-9-17(11-15(14)2)30-20-6-4-3-5-18(20)23(25(30)33)29-28-19-10-8-16(12-21(19)31)13-22-24(32)27-26(34)35-22/h3-13,28,31H,1-2H3,(H,27,32,34). The first-order valence-corrected chi connectivity index (χ1v) is 11.6. The SMILES string of the molecule is Cc1ccc(N2C(=O)C(=NNc3ccc(C=C4SC(=O)NC4=O)cc3O)c3ccccc32)cc1C. The van der Waals surface area contributed by atoms with Gasteiger partial charge in [-0.3, -0.25) is 30.0 Å². The molecule has 174 valence electrons. The lowest BCUT2D eigenvalue weighted by molar-refractivity contribution is -0.115. The minimum absolute atomic E-state index is 0.122. The number of carbonyl (C=O) groups excluding carboxylic acids is 3. The molecule has 35 heavy (non-hydrogen) atoms. The first-order chi connectivity index (χ1) is 16.8. The van der Waals surface area contributed by atoms with Gasteiger partial charge in [0.05, 0.1) is 16.3 Å². The molecule has 8 nitrogen and oxygen atoms in total. The third-order valence-corrected chi connectivity index (χ3v) is 6.61. The van der Waals surface area contributed by atoms with Crippen molar-refractivity contribution in [3.05, 3.63) is 87.8 Å². The molecule has 5 rings (SSSR count). The van der Waals surface area contributed by atoms with E-state index >= 15 is 0 Å². The molecule has 0 unspecified atom stereocenters. The van der Waals surface area contributed by atoms with Crippen molar-refractivity contribution in [2.75, 3.05) is 10.3 Å². The van der Waals surface area contributed by atoms with E-state index in [1.807, 2.05) is 56.3 Å². The fourth-order valence-corrected chi connectivity index (χ4v) is 4.53. The van der Waals surface area contributed by atoms with E-state index in [0.717, 1.165) is 34.3 Å². The number of phenolic OH excluding ortho intramolecular Hbond substituents is 1. The molecule has 0 radical (unpaired) electrons. The maximum absolute atomic E-state index is 13.4. The maximum Gasteiger partial charge on any atom is 0.290 e. The van der Waals surface area contributed by atoms with Crippen molar-refractivity contribution in [1.29, 1.82) is 0 Å². The molecule has 0 aromatic heterocycles. The van der Waals surface area contributed by atoms with E-state index < -0.39 is 11.1 Å². The van der Waals surface area contributed by atoms with Crippen LogP contribution in [0.5, 0.6) is 5.75 Å². The molecule has 0 atom stereocenters. The van der Waals surface area contributed by atoms with E-state index in [4.69, 9.17) is 0 Å². The number of fused-ring (bicyclic) bond motifs is 1. The summed E-state index contributed by atoms with van der Waals surface area (Å²) in [7, 11) is 0. The summed E-state index contributed by atoms with van der Waals surface area (Å²) in [6, 6.07) is 17.9. The Hall–Kier alpha value is -4.37. The molecule has 3 amide bonds. The second-order valence-corrected chi connectivity index (χ2v) is 9.14. The number of hydrazone groups is 1. The lowest BCUT2D eigenvalue weighted by Gasteiger charge is -2.18. The topological polar surface area (TPSA) is 111 Å². The predicted molar refractivity (Wildman–Crippen MR) is 137 cm³/mol. The van der Waals surface area contributed by atoms with Crippen molar-refractivity contribution in [2.24, 2.45) is 5.10 Å². The number of nitrogens with zero attached hydrogens (tertiary/aromatic N) is 2. The van der Waals surface area contributed by atoms with Crippen LogP contribution in [-0.2, 0) is 9.59 Å². The van der Waals surface area contributed by atoms with Crippen molar-refractivity contribution in [3.8, 4) is 5.75 Å². The van der Waals surface area contributed by atoms with Gasteiger partial charge in [0.2, 0.25) is 0 Å². The van der Waals surface area contributed by atoms with E-state index in [0.29, 0.717) is 11.1 Å². The Kier molecular flexibility index (Phi) is 5.62. The number of rotatable bonds is 4. The molecule has 2 aliphatic rings. The Morgan fingerprint density at radius 3 is 2.51 bits per heavy atom. The molecule has 3 N–H and O–H groups in total. The number of thioether (sulfide) groups is 1. The van der Waals surface area contributed by atoms with E-state index in [1.165, 1.54) is 12.1 Å². The normalized spacial score (nSPS) is 17.3. The zero-order valence-corrected chi connectivity index (χ0v) is 19.6. The third-order valence-electron chi connectivity index (χ3n) is 5.80. The lowest BCUT2D eigenvalue weighted by atomic mass is 10.1. The van der Waals surface area contributed by atoms with Crippen LogP contribution < -0.4 is 15.6 Å². The Balaban J connectivity index is 1.43. The largest absolute Gasteiger partial charge is 0.506 e. The van der Waals surface area contributed by atoms with Gasteiger partial charge in [0.1, 0.15) is 5.75 Å². The van der Waals surface area contributed by atoms with Crippen LogP contribution in [0.2, 0.25) is 0 Å². The van der Waals surface area contributed by atoms with Crippen LogP contribution in [0.15, 0.2) is 70.7 Å². The summed E-state index contributed by atoms with van der Waals surface area (Å²) in [5.41, 5.74) is 8.21. The number of carbonyl (C=O) groups is 3. The number of hydrogen-bond donors (Lipinski definition) is 3. The second-order valence-electron chi connectivity index (χ2n) is 8.13. The highest BCUT2D eigenvalue weighted by Crippen LogP contribution is 2.37. The van der Waals surface area contributed by atoms with Gasteiger partial charge >= 0.3 is 0 Å². The van der Waals surface area contributed by atoms with Crippen LogP contribution in [0.3, 0.4) is 0 Å². The molecule has 0 bridgehead atoms. The third kappa shape index (κ3) is 4.17.